The van der Waals surface area contributed by atoms with E-state index in [-0.39, 0.29) is 30.0 Å². The van der Waals surface area contributed by atoms with E-state index in [0.29, 0.717) is 12.5 Å². The van der Waals surface area contributed by atoms with Crippen LogP contribution in [0.1, 0.15) is 62.7 Å². The minimum Gasteiger partial charge on any atom is -0.365 e. The summed E-state index contributed by atoms with van der Waals surface area (Å²) < 4.78 is 33.7. The molecule has 2 N–H and O–H groups in total. The fraction of sp³-hybridized carbons (Fsp3) is 0.500. The zero-order chi connectivity index (χ0) is 27.5. The molecular formula is C30H35F2N3O4. The van der Waals surface area contributed by atoms with Crippen LogP contribution in [-0.2, 0) is 25.5 Å². The molecule has 7 nitrogen and oxygen atoms in total. The molecule has 9 heteroatoms. The number of carbonyl (C=O) groups is 3. The van der Waals surface area contributed by atoms with Crippen LogP contribution in [0.4, 0.5) is 8.78 Å². The van der Waals surface area contributed by atoms with E-state index in [1.54, 1.807) is 0 Å². The molecule has 5 atom stereocenters. The molecule has 1 saturated heterocycles. The maximum absolute atomic E-state index is 14.1. The quantitative estimate of drug-likeness (QED) is 0.534. The Morgan fingerprint density at radius 3 is 2.41 bits per heavy atom. The highest BCUT2D eigenvalue weighted by Crippen LogP contribution is 2.39. The van der Waals surface area contributed by atoms with Gasteiger partial charge in [0.1, 0.15) is 29.8 Å². The highest BCUT2D eigenvalue weighted by atomic mass is 19.1. The number of ether oxygens (including phenoxy) is 1. The monoisotopic (exact) mass is 539 g/mol. The molecule has 1 heterocycles. The van der Waals surface area contributed by atoms with E-state index in [1.165, 1.54) is 6.92 Å². The molecule has 0 aromatic heterocycles. The number of nitrogens with one attached hydrogen (secondary N) is 2. The molecule has 0 spiro atoms. The van der Waals surface area contributed by atoms with Crippen LogP contribution in [0.5, 0.6) is 0 Å². The Kier molecular flexibility index (Phi) is 8.26. The van der Waals surface area contributed by atoms with Gasteiger partial charge in [-0.05, 0) is 61.8 Å². The molecule has 39 heavy (non-hydrogen) atoms. The van der Waals surface area contributed by atoms with Crippen molar-refractivity contribution in [3.05, 3.63) is 71.3 Å². The van der Waals surface area contributed by atoms with Crippen molar-refractivity contribution >= 4 is 17.7 Å². The van der Waals surface area contributed by atoms with Crippen LogP contribution in [-0.4, -0.2) is 53.4 Å². The van der Waals surface area contributed by atoms with Crippen molar-refractivity contribution in [3.63, 3.8) is 0 Å². The summed E-state index contributed by atoms with van der Waals surface area (Å²) in [4.78, 5) is 41.9. The van der Waals surface area contributed by atoms with Gasteiger partial charge in [0.05, 0.1) is 18.6 Å². The second-order valence-electron chi connectivity index (χ2n) is 11.0. The first kappa shape index (κ1) is 27.2. The number of amides is 3. The lowest BCUT2D eigenvalue weighted by Gasteiger charge is -2.38. The van der Waals surface area contributed by atoms with E-state index in [1.807, 2.05) is 35.2 Å². The third kappa shape index (κ3) is 6.64. The fourth-order valence-electron chi connectivity index (χ4n) is 5.72. The SMILES string of the molecule is C[C@H](NC(=O)Cc1cc(F)cc(F)c1)C(=O)N[C@@H]1C(=O)N(CC2CC2)[C@H]2CCCC[C@@H]2O[C@@H]1c1ccccc1. The molecule has 0 bridgehead atoms. The summed E-state index contributed by atoms with van der Waals surface area (Å²) in [6, 6.07) is 10.4. The van der Waals surface area contributed by atoms with Crippen molar-refractivity contribution < 1.29 is 27.9 Å². The average Bonchev–Trinajstić information content (AvgIpc) is 3.74. The number of rotatable bonds is 8. The van der Waals surface area contributed by atoms with Gasteiger partial charge in [0.15, 0.2) is 0 Å². The molecule has 3 fully saturated rings. The van der Waals surface area contributed by atoms with Crippen LogP contribution in [0, 0.1) is 17.6 Å². The van der Waals surface area contributed by atoms with Gasteiger partial charge in [0.2, 0.25) is 17.7 Å². The summed E-state index contributed by atoms with van der Waals surface area (Å²) in [6.45, 7) is 2.18. The highest BCUT2D eigenvalue weighted by Gasteiger charge is 2.47. The van der Waals surface area contributed by atoms with Gasteiger partial charge in [0, 0.05) is 12.6 Å². The number of nitrogens with zero attached hydrogens (tertiary/aromatic N) is 1. The summed E-state index contributed by atoms with van der Waals surface area (Å²) in [5.74, 6) is -2.34. The Labute approximate surface area is 227 Å². The van der Waals surface area contributed by atoms with E-state index in [4.69, 9.17) is 4.74 Å². The lowest BCUT2D eigenvalue weighted by Crippen LogP contribution is -2.56. The molecule has 2 saturated carbocycles. The van der Waals surface area contributed by atoms with E-state index in [2.05, 4.69) is 10.6 Å². The minimum atomic E-state index is -0.984. The van der Waals surface area contributed by atoms with Crippen molar-refractivity contribution in [1.82, 2.24) is 15.5 Å². The molecule has 2 aromatic carbocycles. The second-order valence-corrected chi connectivity index (χ2v) is 11.0. The topological polar surface area (TPSA) is 87.7 Å². The number of hydrogen-bond donors (Lipinski definition) is 2. The fourth-order valence-corrected chi connectivity index (χ4v) is 5.72. The Bertz CT molecular complexity index is 1190. The predicted molar refractivity (Wildman–Crippen MR) is 140 cm³/mol. The summed E-state index contributed by atoms with van der Waals surface area (Å²) in [6.07, 6.45) is 4.91. The van der Waals surface area contributed by atoms with Crippen LogP contribution in [0.3, 0.4) is 0 Å². The Hall–Kier alpha value is -3.33. The van der Waals surface area contributed by atoms with Crippen LogP contribution < -0.4 is 10.6 Å². The minimum absolute atomic E-state index is 0.0243. The normalized spacial score (nSPS) is 25.8. The standard InChI is InChI=1S/C30H35F2N3O4/c1-18(33-26(36)15-20-13-22(31)16-23(32)14-20)29(37)34-27-28(21-7-3-2-4-8-21)39-25-10-6-5-9-24(25)35(30(27)38)17-19-11-12-19/h2-4,7-8,13-14,16,18-19,24-25,27-28H,5-6,9-12,15,17H2,1H3,(H,33,36)(H,34,37)/t18-,24-,25-,27-,28+/m0/s1. The Morgan fingerprint density at radius 1 is 1.03 bits per heavy atom. The lowest BCUT2D eigenvalue weighted by atomic mass is 9.91. The molecule has 0 radical (unpaired) electrons. The molecule has 0 unspecified atom stereocenters. The maximum Gasteiger partial charge on any atom is 0.248 e. The van der Waals surface area contributed by atoms with E-state index < -0.39 is 41.6 Å². The van der Waals surface area contributed by atoms with Gasteiger partial charge in [-0.2, -0.15) is 0 Å². The smallest absolute Gasteiger partial charge is 0.248 e. The van der Waals surface area contributed by atoms with Crippen LogP contribution in [0.2, 0.25) is 0 Å². The summed E-state index contributed by atoms with van der Waals surface area (Å²) >= 11 is 0. The number of fused-ring (bicyclic) bond motifs is 1. The van der Waals surface area contributed by atoms with Gasteiger partial charge in [0.25, 0.3) is 0 Å². The van der Waals surface area contributed by atoms with Crippen molar-refractivity contribution in [2.75, 3.05) is 6.54 Å². The molecule has 5 rings (SSSR count). The van der Waals surface area contributed by atoms with Gasteiger partial charge in [-0.1, -0.05) is 43.2 Å². The van der Waals surface area contributed by atoms with Crippen LogP contribution >= 0.6 is 0 Å². The number of halogens is 2. The molecule has 2 aliphatic carbocycles. The molecule has 1 aliphatic heterocycles. The second kappa shape index (κ2) is 11.8. The van der Waals surface area contributed by atoms with Crippen molar-refractivity contribution in [2.45, 2.75) is 82.2 Å². The Balaban J connectivity index is 1.34. The van der Waals surface area contributed by atoms with Crippen LogP contribution in [0.25, 0.3) is 0 Å². The van der Waals surface area contributed by atoms with E-state index in [0.717, 1.165) is 62.3 Å². The average molecular weight is 540 g/mol. The van der Waals surface area contributed by atoms with Crippen molar-refractivity contribution in [1.29, 1.82) is 0 Å². The van der Waals surface area contributed by atoms with Crippen molar-refractivity contribution in [3.8, 4) is 0 Å². The molecule has 2 aromatic rings. The maximum atomic E-state index is 14.1. The van der Waals surface area contributed by atoms with E-state index in [9.17, 15) is 23.2 Å². The number of hydrogen-bond acceptors (Lipinski definition) is 4. The predicted octanol–water partition coefficient (Wildman–Crippen LogP) is 3.82. The molecule has 208 valence electrons. The lowest BCUT2D eigenvalue weighted by molar-refractivity contribution is -0.139. The van der Waals surface area contributed by atoms with Gasteiger partial charge < -0.3 is 20.3 Å². The van der Waals surface area contributed by atoms with Gasteiger partial charge >= 0.3 is 0 Å². The van der Waals surface area contributed by atoms with Gasteiger partial charge in [-0.25, -0.2) is 8.78 Å². The summed E-state index contributed by atoms with van der Waals surface area (Å²) in [5.41, 5.74) is 0.964. The first-order valence-electron chi connectivity index (χ1n) is 13.8. The molecule has 3 amide bonds. The highest BCUT2D eigenvalue weighted by molar-refractivity contribution is 5.93. The zero-order valence-electron chi connectivity index (χ0n) is 22.1. The largest absolute Gasteiger partial charge is 0.365 e. The first-order chi connectivity index (χ1) is 18.8. The zero-order valence-corrected chi connectivity index (χ0v) is 22.1. The van der Waals surface area contributed by atoms with Gasteiger partial charge in [-0.3, -0.25) is 14.4 Å². The van der Waals surface area contributed by atoms with E-state index >= 15 is 0 Å². The van der Waals surface area contributed by atoms with Crippen molar-refractivity contribution in [2.24, 2.45) is 5.92 Å². The van der Waals surface area contributed by atoms with Gasteiger partial charge in [-0.15, -0.1) is 0 Å². The first-order valence-corrected chi connectivity index (χ1v) is 13.8. The molecule has 3 aliphatic rings. The number of carbonyl (C=O) groups excluding carboxylic acids is 3. The summed E-state index contributed by atoms with van der Waals surface area (Å²) in [7, 11) is 0. The third-order valence-corrected chi connectivity index (χ3v) is 7.88. The van der Waals surface area contributed by atoms with Crippen LogP contribution in [0.15, 0.2) is 48.5 Å². The summed E-state index contributed by atoms with van der Waals surface area (Å²) in [5, 5.41) is 5.47. The molecular weight excluding hydrogens is 504 g/mol. The third-order valence-electron chi connectivity index (χ3n) is 7.88. The number of benzene rings is 2. The Morgan fingerprint density at radius 2 is 1.72 bits per heavy atom.